The van der Waals surface area contributed by atoms with E-state index in [1.165, 1.54) is 29.7 Å². The molecular formula is C17H11ClN2O3S. The molecule has 5 nitrogen and oxygen atoms in total. The van der Waals surface area contributed by atoms with Crippen molar-refractivity contribution in [3.05, 3.63) is 75.7 Å². The van der Waals surface area contributed by atoms with E-state index in [0.29, 0.717) is 27.0 Å². The zero-order chi connectivity index (χ0) is 16.9. The molecule has 24 heavy (non-hydrogen) atoms. The van der Waals surface area contributed by atoms with Crippen molar-refractivity contribution in [3.63, 3.8) is 0 Å². The Labute approximate surface area is 146 Å². The Morgan fingerprint density at radius 3 is 2.50 bits per heavy atom. The summed E-state index contributed by atoms with van der Waals surface area (Å²) in [6.07, 6.45) is 1.35. The third-order valence-corrected chi connectivity index (χ3v) is 4.12. The molecule has 0 bridgehead atoms. The van der Waals surface area contributed by atoms with Gasteiger partial charge in [-0.25, -0.2) is 9.78 Å². The maximum atomic E-state index is 12.0. The Hall–Kier alpha value is -2.70. The molecular weight excluding hydrogens is 348 g/mol. The second kappa shape index (κ2) is 7.25. The number of rotatable bonds is 4. The van der Waals surface area contributed by atoms with Crippen LogP contribution in [0.4, 0.5) is 5.69 Å². The predicted octanol–water partition coefficient (Wildman–Crippen LogP) is 4.27. The van der Waals surface area contributed by atoms with E-state index in [1.807, 2.05) is 11.4 Å². The van der Waals surface area contributed by atoms with Crippen LogP contribution in [0.2, 0.25) is 5.15 Å². The second-order valence-electron chi connectivity index (χ2n) is 4.71. The standard InChI is InChI=1S/C17H11ClN2O3S/c18-15-8-3-11(10-19-15)17(22)23-13-6-4-12(5-7-13)20-16(21)14-2-1-9-24-14/h1-10H,(H,20,21). The van der Waals surface area contributed by atoms with Crippen LogP contribution in [0.15, 0.2) is 60.1 Å². The highest BCUT2D eigenvalue weighted by Gasteiger charge is 2.10. The van der Waals surface area contributed by atoms with Gasteiger partial charge in [-0.1, -0.05) is 17.7 Å². The number of carbonyl (C=O) groups is 2. The monoisotopic (exact) mass is 358 g/mol. The highest BCUT2D eigenvalue weighted by molar-refractivity contribution is 7.12. The van der Waals surface area contributed by atoms with Crippen LogP contribution >= 0.6 is 22.9 Å². The minimum absolute atomic E-state index is 0.179. The van der Waals surface area contributed by atoms with Crippen LogP contribution in [0, 0.1) is 0 Å². The summed E-state index contributed by atoms with van der Waals surface area (Å²) in [7, 11) is 0. The molecule has 3 rings (SSSR count). The lowest BCUT2D eigenvalue weighted by molar-refractivity contribution is 0.0734. The fraction of sp³-hybridized carbons (Fsp3) is 0. The van der Waals surface area contributed by atoms with E-state index in [1.54, 1.807) is 30.3 Å². The molecule has 0 spiro atoms. The number of pyridine rings is 1. The van der Waals surface area contributed by atoms with Gasteiger partial charge in [-0.05, 0) is 47.8 Å². The molecule has 0 saturated carbocycles. The number of nitrogens with zero attached hydrogens (tertiary/aromatic N) is 1. The quantitative estimate of drug-likeness (QED) is 0.429. The summed E-state index contributed by atoms with van der Waals surface area (Å²) in [5, 5.41) is 4.91. The zero-order valence-electron chi connectivity index (χ0n) is 12.2. The zero-order valence-corrected chi connectivity index (χ0v) is 13.8. The summed E-state index contributed by atoms with van der Waals surface area (Å²) in [6, 6.07) is 13.1. The number of thiophene rings is 1. The molecule has 0 aliphatic carbocycles. The highest BCUT2D eigenvalue weighted by Crippen LogP contribution is 2.19. The van der Waals surface area contributed by atoms with E-state index in [-0.39, 0.29) is 5.91 Å². The summed E-state index contributed by atoms with van der Waals surface area (Å²) in [6.45, 7) is 0. The summed E-state index contributed by atoms with van der Waals surface area (Å²) in [4.78, 5) is 28.4. The molecule has 1 amide bonds. The number of carbonyl (C=O) groups excluding carboxylic acids is 2. The molecule has 2 heterocycles. The first-order chi connectivity index (χ1) is 11.6. The van der Waals surface area contributed by atoms with Crippen molar-refractivity contribution in [3.8, 4) is 5.75 Å². The van der Waals surface area contributed by atoms with Crippen LogP contribution in [-0.4, -0.2) is 16.9 Å². The number of aromatic nitrogens is 1. The van der Waals surface area contributed by atoms with Crippen LogP contribution in [0.3, 0.4) is 0 Å². The van der Waals surface area contributed by atoms with E-state index in [9.17, 15) is 9.59 Å². The van der Waals surface area contributed by atoms with Gasteiger partial charge in [-0.15, -0.1) is 11.3 Å². The number of amides is 1. The molecule has 0 aliphatic rings. The van der Waals surface area contributed by atoms with Gasteiger partial charge in [0.05, 0.1) is 10.4 Å². The van der Waals surface area contributed by atoms with Gasteiger partial charge >= 0.3 is 5.97 Å². The molecule has 0 atom stereocenters. The molecule has 1 N–H and O–H groups in total. The fourth-order valence-corrected chi connectivity index (χ4v) is 2.60. The lowest BCUT2D eigenvalue weighted by Crippen LogP contribution is -2.10. The van der Waals surface area contributed by atoms with Gasteiger partial charge in [0.25, 0.3) is 5.91 Å². The number of anilines is 1. The SMILES string of the molecule is O=C(Oc1ccc(NC(=O)c2cccs2)cc1)c1ccc(Cl)nc1. The van der Waals surface area contributed by atoms with Crippen LogP contribution < -0.4 is 10.1 Å². The Kier molecular flexibility index (Phi) is 4.88. The first-order valence-electron chi connectivity index (χ1n) is 6.90. The van der Waals surface area contributed by atoms with Crippen LogP contribution in [0.25, 0.3) is 0 Å². The van der Waals surface area contributed by atoms with Gasteiger partial charge < -0.3 is 10.1 Å². The van der Waals surface area contributed by atoms with Crippen LogP contribution in [0.5, 0.6) is 5.75 Å². The van der Waals surface area contributed by atoms with E-state index >= 15 is 0 Å². The Morgan fingerprint density at radius 1 is 1.08 bits per heavy atom. The topological polar surface area (TPSA) is 68.3 Å². The summed E-state index contributed by atoms with van der Waals surface area (Å²) in [5.41, 5.74) is 0.913. The number of esters is 1. The molecule has 3 aromatic rings. The van der Waals surface area contributed by atoms with Crippen molar-refractivity contribution < 1.29 is 14.3 Å². The Morgan fingerprint density at radius 2 is 1.88 bits per heavy atom. The van der Waals surface area contributed by atoms with Gasteiger partial charge in [0.15, 0.2) is 0 Å². The minimum atomic E-state index is -0.533. The largest absolute Gasteiger partial charge is 0.423 e. The lowest BCUT2D eigenvalue weighted by atomic mass is 10.2. The molecule has 120 valence electrons. The van der Waals surface area contributed by atoms with Gasteiger partial charge in [-0.3, -0.25) is 4.79 Å². The van der Waals surface area contributed by atoms with Gasteiger partial charge in [-0.2, -0.15) is 0 Å². The van der Waals surface area contributed by atoms with Gasteiger partial charge in [0, 0.05) is 11.9 Å². The van der Waals surface area contributed by atoms with Crippen molar-refractivity contribution in [2.75, 3.05) is 5.32 Å². The highest BCUT2D eigenvalue weighted by atomic mass is 35.5. The maximum absolute atomic E-state index is 12.0. The molecule has 2 aromatic heterocycles. The van der Waals surface area contributed by atoms with Crippen molar-refractivity contribution in [1.82, 2.24) is 4.98 Å². The van der Waals surface area contributed by atoms with Gasteiger partial charge in [0.1, 0.15) is 10.9 Å². The van der Waals surface area contributed by atoms with E-state index in [4.69, 9.17) is 16.3 Å². The van der Waals surface area contributed by atoms with Crippen molar-refractivity contribution >= 4 is 40.5 Å². The van der Waals surface area contributed by atoms with Crippen molar-refractivity contribution in [2.45, 2.75) is 0 Å². The summed E-state index contributed by atoms with van der Waals surface area (Å²) >= 11 is 7.04. The molecule has 0 aliphatic heterocycles. The first kappa shape index (κ1) is 16.2. The fourth-order valence-electron chi connectivity index (χ4n) is 1.87. The van der Waals surface area contributed by atoms with Crippen LogP contribution in [0.1, 0.15) is 20.0 Å². The van der Waals surface area contributed by atoms with Crippen molar-refractivity contribution in [2.24, 2.45) is 0 Å². The molecule has 0 unspecified atom stereocenters. The van der Waals surface area contributed by atoms with Crippen molar-refractivity contribution in [1.29, 1.82) is 0 Å². The van der Waals surface area contributed by atoms with E-state index < -0.39 is 5.97 Å². The summed E-state index contributed by atoms with van der Waals surface area (Å²) in [5.74, 6) is -0.347. The number of nitrogens with one attached hydrogen (secondary N) is 1. The Balaban J connectivity index is 1.63. The normalized spacial score (nSPS) is 10.2. The number of benzene rings is 1. The third kappa shape index (κ3) is 3.98. The van der Waals surface area contributed by atoms with Crippen LogP contribution in [-0.2, 0) is 0 Å². The number of hydrogen-bond donors (Lipinski definition) is 1. The Bertz CT molecular complexity index is 847. The molecule has 0 fully saturated rings. The maximum Gasteiger partial charge on any atom is 0.345 e. The molecule has 0 radical (unpaired) electrons. The average Bonchev–Trinajstić information content (AvgIpc) is 3.12. The number of hydrogen-bond acceptors (Lipinski definition) is 5. The molecule has 7 heteroatoms. The molecule has 0 saturated heterocycles. The summed E-state index contributed by atoms with van der Waals surface area (Å²) < 4.78 is 5.24. The lowest BCUT2D eigenvalue weighted by Gasteiger charge is -2.06. The molecule has 1 aromatic carbocycles. The van der Waals surface area contributed by atoms with E-state index in [2.05, 4.69) is 10.3 Å². The smallest absolute Gasteiger partial charge is 0.345 e. The van der Waals surface area contributed by atoms with Gasteiger partial charge in [0.2, 0.25) is 0 Å². The van der Waals surface area contributed by atoms with E-state index in [0.717, 1.165) is 0 Å². The minimum Gasteiger partial charge on any atom is -0.423 e. The third-order valence-electron chi connectivity index (χ3n) is 3.03. The average molecular weight is 359 g/mol. The predicted molar refractivity (Wildman–Crippen MR) is 92.9 cm³/mol. The second-order valence-corrected chi connectivity index (χ2v) is 6.05. The number of halogens is 1. The number of ether oxygens (including phenoxy) is 1. The first-order valence-corrected chi connectivity index (χ1v) is 8.16.